The predicted octanol–water partition coefficient (Wildman–Crippen LogP) is 1.91. The van der Waals surface area contributed by atoms with E-state index < -0.39 is 21.8 Å². The standard InChI is InChI=1S/C16H24N2O3S/c1-3-4-13-6-9-15(10-7-13)22(20,21)18-11-14(16(17)19)8-5-12(18)2/h6-7,9-10,12,14H,3-5,8,11H2,1-2H3,(H2,17,19). The number of nitrogens with two attached hydrogens (primary N) is 1. The van der Waals surface area contributed by atoms with Crippen LogP contribution in [0.1, 0.15) is 38.7 Å². The van der Waals surface area contributed by atoms with Gasteiger partial charge in [-0.1, -0.05) is 25.5 Å². The molecule has 2 rings (SSSR count). The molecule has 22 heavy (non-hydrogen) atoms. The Balaban J connectivity index is 2.25. The molecule has 0 spiro atoms. The first-order valence-electron chi connectivity index (χ1n) is 7.76. The minimum Gasteiger partial charge on any atom is -0.369 e. The Labute approximate surface area is 132 Å². The van der Waals surface area contributed by atoms with Gasteiger partial charge in [0.2, 0.25) is 15.9 Å². The van der Waals surface area contributed by atoms with Crippen LogP contribution in [0, 0.1) is 5.92 Å². The number of hydrogen-bond acceptors (Lipinski definition) is 3. The molecule has 1 heterocycles. The summed E-state index contributed by atoms with van der Waals surface area (Å²) >= 11 is 0. The maximum Gasteiger partial charge on any atom is 0.243 e. The molecule has 1 saturated heterocycles. The highest BCUT2D eigenvalue weighted by atomic mass is 32.2. The van der Waals surface area contributed by atoms with E-state index in [1.165, 1.54) is 4.31 Å². The molecule has 0 saturated carbocycles. The van der Waals surface area contributed by atoms with Crippen molar-refractivity contribution in [3.8, 4) is 0 Å². The lowest BCUT2D eigenvalue weighted by Crippen LogP contribution is -2.48. The second-order valence-corrected chi connectivity index (χ2v) is 7.88. The van der Waals surface area contributed by atoms with Crippen molar-refractivity contribution in [1.29, 1.82) is 0 Å². The maximum atomic E-state index is 12.8. The first-order valence-corrected chi connectivity index (χ1v) is 9.20. The molecule has 122 valence electrons. The molecular weight excluding hydrogens is 300 g/mol. The van der Waals surface area contributed by atoms with E-state index in [9.17, 15) is 13.2 Å². The van der Waals surface area contributed by atoms with Crippen molar-refractivity contribution in [2.45, 2.75) is 50.5 Å². The number of rotatable bonds is 5. The summed E-state index contributed by atoms with van der Waals surface area (Å²) in [6.45, 7) is 4.14. The van der Waals surface area contributed by atoms with Crippen LogP contribution >= 0.6 is 0 Å². The zero-order valence-electron chi connectivity index (χ0n) is 13.2. The van der Waals surface area contributed by atoms with E-state index in [0.717, 1.165) is 18.4 Å². The van der Waals surface area contributed by atoms with Crippen molar-refractivity contribution in [3.05, 3.63) is 29.8 Å². The van der Waals surface area contributed by atoms with E-state index in [1.54, 1.807) is 12.1 Å². The van der Waals surface area contributed by atoms with Crippen molar-refractivity contribution in [2.75, 3.05) is 6.54 Å². The van der Waals surface area contributed by atoms with Crippen molar-refractivity contribution in [1.82, 2.24) is 4.31 Å². The molecule has 0 aliphatic carbocycles. The molecule has 1 aromatic rings. The smallest absolute Gasteiger partial charge is 0.243 e. The van der Waals surface area contributed by atoms with Crippen LogP contribution in [0.3, 0.4) is 0 Å². The van der Waals surface area contributed by atoms with Crippen LogP contribution < -0.4 is 5.73 Å². The Morgan fingerprint density at radius 3 is 2.45 bits per heavy atom. The van der Waals surface area contributed by atoms with Crippen molar-refractivity contribution >= 4 is 15.9 Å². The summed E-state index contributed by atoms with van der Waals surface area (Å²) in [5.41, 5.74) is 6.48. The number of carbonyl (C=O) groups is 1. The second-order valence-electron chi connectivity index (χ2n) is 5.99. The summed E-state index contributed by atoms with van der Waals surface area (Å²) in [5.74, 6) is -0.823. The molecule has 1 aliphatic rings. The summed E-state index contributed by atoms with van der Waals surface area (Å²) in [5, 5.41) is 0. The van der Waals surface area contributed by atoms with E-state index in [-0.39, 0.29) is 17.5 Å². The summed E-state index contributed by atoms with van der Waals surface area (Å²) in [6.07, 6.45) is 3.26. The van der Waals surface area contributed by atoms with Gasteiger partial charge in [0.15, 0.2) is 0 Å². The minimum atomic E-state index is -3.58. The van der Waals surface area contributed by atoms with Crippen LogP contribution in [-0.4, -0.2) is 31.2 Å². The lowest BCUT2D eigenvalue weighted by Gasteiger charge is -2.35. The lowest BCUT2D eigenvalue weighted by molar-refractivity contribution is -0.123. The van der Waals surface area contributed by atoms with Gasteiger partial charge in [-0.2, -0.15) is 4.31 Å². The van der Waals surface area contributed by atoms with Crippen LogP contribution in [0.15, 0.2) is 29.2 Å². The fourth-order valence-electron chi connectivity index (χ4n) is 2.89. The number of primary amides is 1. The molecule has 0 bridgehead atoms. The SMILES string of the molecule is CCCc1ccc(S(=O)(=O)N2CC(C(N)=O)CCC2C)cc1. The molecule has 2 N–H and O–H groups in total. The average molecular weight is 324 g/mol. The van der Waals surface area contributed by atoms with Gasteiger partial charge in [0.05, 0.1) is 10.8 Å². The first-order chi connectivity index (χ1) is 10.4. The zero-order chi connectivity index (χ0) is 16.3. The topological polar surface area (TPSA) is 80.5 Å². The van der Waals surface area contributed by atoms with E-state index in [0.29, 0.717) is 12.8 Å². The largest absolute Gasteiger partial charge is 0.369 e. The number of nitrogens with zero attached hydrogens (tertiary/aromatic N) is 1. The van der Waals surface area contributed by atoms with Gasteiger partial charge < -0.3 is 5.73 Å². The third kappa shape index (κ3) is 3.50. The fraction of sp³-hybridized carbons (Fsp3) is 0.562. The highest BCUT2D eigenvalue weighted by Gasteiger charge is 2.36. The van der Waals surface area contributed by atoms with Crippen LogP contribution in [0.25, 0.3) is 0 Å². The monoisotopic (exact) mass is 324 g/mol. The Morgan fingerprint density at radius 1 is 1.27 bits per heavy atom. The van der Waals surface area contributed by atoms with E-state index >= 15 is 0 Å². The molecule has 0 aromatic heterocycles. The molecule has 1 fully saturated rings. The van der Waals surface area contributed by atoms with Gasteiger partial charge in [0, 0.05) is 12.6 Å². The van der Waals surface area contributed by atoms with Crippen molar-refractivity contribution < 1.29 is 13.2 Å². The predicted molar refractivity (Wildman–Crippen MR) is 85.7 cm³/mol. The highest BCUT2D eigenvalue weighted by molar-refractivity contribution is 7.89. The van der Waals surface area contributed by atoms with Crippen LogP contribution in [0.2, 0.25) is 0 Å². The molecule has 0 radical (unpaired) electrons. The maximum absolute atomic E-state index is 12.8. The number of amides is 1. The molecule has 2 atom stereocenters. The van der Waals surface area contributed by atoms with Gasteiger partial charge in [0.25, 0.3) is 0 Å². The van der Waals surface area contributed by atoms with E-state index in [1.807, 2.05) is 19.1 Å². The Hall–Kier alpha value is -1.40. The van der Waals surface area contributed by atoms with Gasteiger partial charge in [-0.05, 0) is 43.9 Å². The number of hydrogen-bond donors (Lipinski definition) is 1. The molecule has 6 heteroatoms. The van der Waals surface area contributed by atoms with E-state index in [2.05, 4.69) is 6.92 Å². The number of aryl methyl sites for hydroxylation is 1. The summed E-state index contributed by atoms with van der Waals surface area (Å²) in [7, 11) is -3.58. The van der Waals surface area contributed by atoms with Gasteiger partial charge in [-0.3, -0.25) is 4.79 Å². The van der Waals surface area contributed by atoms with Crippen LogP contribution in [0.4, 0.5) is 0 Å². The normalized spacial score (nSPS) is 23.4. The Morgan fingerprint density at radius 2 is 1.91 bits per heavy atom. The Bertz CT molecular complexity index is 625. The average Bonchev–Trinajstić information content (AvgIpc) is 2.48. The number of carbonyl (C=O) groups excluding carboxylic acids is 1. The number of piperidine rings is 1. The third-order valence-electron chi connectivity index (χ3n) is 4.30. The van der Waals surface area contributed by atoms with Gasteiger partial charge in [-0.15, -0.1) is 0 Å². The van der Waals surface area contributed by atoms with Crippen LogP contribution in [0.5, 0.6) is 0 Å². The highest BCUT2D eigenvalue weighted by Crippen LogP contribution is 2.28. The summed E-state index contributed by atoms with van der Waals surface area (Å²) in [6, 6.07) is 6.91. The molecular formula is C16H24N2O3S. The zero-order valence-corrected chi connectivity index (χ0v) is 14.0. The van der Waals surface area contributed by atoms with Gasteiger partial charge >= 0.3 is 0 Å². The minimum absolute atomic E-state index is 0.115. The van der Waals surface area contributed by atoms with E-state index in [4.69, 9.17) is 5.73 Å². The molecule has 2 unspecified atom stereocenters. The number of benzene rings is 1. The van der Waals surface area contributed by atoms with Crippen LogP contribution in [-0.2, 0) is 21.2 Å². The van der Waals surface area contributed by atoms with Gasteiger partial charge in [-0.25, -0.2) is 8.42 Å². The summed E-state index contributed by atoms with van der Waals surface area (Å²) in [4.78, 5) is 11.7. The molecule has 1 amide bonds. The third-order valence-corrected chi connectivity index (χ3v) is 6.29. The first kappa shape index (κ1) is 17.0. The van der Waals surface area contributed by atoms with Crippen molar-refractivity contribution in [2.24, 2.45) is 11.7 Å². The Kier molecular flexibility index (Phi) is 5.24. The lowest BCUT2D eigenvalue weighted by atomic mass is 9.95. The molecule has 5 nitrogen and oxygen atoms in total. The quantitative estimate of drug-likeness (QED) is 0.898. The van der Waals surface area contributed by atoms with Gasteiger partial charge in [0.1, 0.15) is 0 Å². The summed E-state index contributed by atoms with van der Waals surface area (Å²) < 4.78 is 27.0. The van der Waals surface area contributed by atoms with Crippen molar-refractivity contribution in [3.63, 3.8) is 0 Å². The molecule has 1 aliphatic heterocycles. The fourth-order valence-corrected chi connectivity index (χ4v) is 4.60. The second kappa shape index (κ2) is 6.79. The number of sulfonamides is 1. The molecule has 1 aromatic carbocycles.